The standard InChI is InChI=1S/C21H24/c1-13(2)20-19-11-10-17-14(3)12-16(21(17)20)8-9-18(19)15-6-4-5-7-15/h4-6,8-9,13,20H,7,10-12H2,1-3H3. The van der Waals surface area contributed by atoms with E-state index >= 15 is 0 Å². The number of fused-ring (bicyclic) bond motifs is 1. The van der Waals surface area contributed by atoms with Gasteiger partial charge in [-0.05, 0) is 66.4 Å². The van der Waals surface area contributed by atoms with E-state index in [1.54, 1.807) is 33.4 Å². The zero-order valence-corrected chi connectivity index (χ0v) is 13.4. The van der Waals surface area contributed by atoms with Crippen LogP contribution in [0.25, 0.3) is 0 Å². The molecule has 4 rings (SSSR count). The number of hydrogen-bond acceptors (Lipinski definition) is 0. The van der Waals surface area contributed by atoms with Crippen molar-refractivity contribution < 1.29 is 0 Å². The Bertz CT molecular complexity index is 684. The zero-order valence-electron chi connectivity index (χ0n) is 13.4. The first-order chi connectivity index (χ1) is 10.2. The van der Waals surface area contributed by atoms with Gasteiger partial charge in [0.25, 0.3) is 0 Å². The quantitative estimate of drug-likeness (QED) is 0.596. The second kappa shape index (κ2) is 4.73. The van der Waals surface area contributed by atoms with Crippen molar-refractivity contribution in [1.82, 2.24) is 0 Å². The third-order valence-corrected chi connectivity index (χ3v) is 5.55. The normalized spacial score (nSPS) is 27.2. The molecule has 0 amide bonds. The van der Waals surface area contributed by atoms with Crippen LogP contribution in [0.1, 0.15) is 46.5 Å². The Balaban J connectivity index is 1.90. The van der Waals surface area contributed by atoms with E-state index in [0.717, 1.165) is 6.42 Å². The predicted octanol–water partition coefficient (Wildman–Crippen LogP) is 5.82. The molecule has 21 heavy (non-hydrogen) atoms. The smallest absolute Gasteiger partial charge is 0.00859 e. The first kappa shape index (κ1) is 13.1. The first-order valence-electron chi connectivity index (χ1n) is 8.36. The molecule has 0 radical (unpaired) electrons. The van der Waals surface area contributed by atoms with Crippen molar-refractivity contribution >= 4 is 0 Å². The van der Waals surface area contributed by atoms with Crippen molar-refractivity contribution in [1.29, 1.82) is 0 Å². The number of rotatable bonds is 2. The molecule has 1 saturated carbocycles. The van der Waals surface area contributed by atoms with Crippen LogP contribution < -0.4 is 0 Å². The van der Waals surface area contributed by atoms with Gasteiger partial charge in [-0.25, -0.2) is 0 Å². The molecule has 0 spiro atoms. The summed E-state index contributed by atoms with van der Waals surface area (Å²) in [5.74, 6) is 1.34. The minimum atomic E-state index is 0.646. The highest BCUT2D eigenvalue weighted by molar-refractivity contribution is 5.63. The second-order valence-electron chi connectivity index (χ2n) is 7.19. The highest BCUT2D eigenvalue weighted by Gasteiger charge is 2.37. The molecular weight excluding hydrogens is 252 g/mol. The highest BCUT2D eigenvalue weighted by Crippen LogP contribution is 2.52. The summed E-state index contributed by atoms with van der Waals surface area (Å²) in [7, 11) is 0. The maximum Gasteiger partial charge on any atom is 0.00859 e. The molecule has 0 aliphatic heterocycles. The molecule has 0 heteroatoms. The third kappa shape index (κ3) is 1.88. The van der Waals surface area contributed by atoms with Crippen molar-refractivity contribution in [3.05, 3.63) is 69.4 Å². The largest absolute Gasteiger partial charge is 0.0801 e. The van der Waals surface area contributed by atoms with Gasteiger partial charge in [0.05, 0.1) is 0 Å². The predicted molar refractivity (Wildman–Crippen MR) is 89.9 cm³/mol. The fourth-order valence-corrected chi connectivity index (χ4v) is 4.67. The molecule has 4 aliphatic rings. The molecule has 4 aliphatic carbocycles. The number of hydrogen-bond donors (Lipinski definition) is 0. The fraction of sp³-hybridized carbons (Fsp3) is 0.429. The van der Waals surface area contributed by atoms with Gasteiger partial charge in [-0.3, -0.25) is 0 Å². The van der Waals surface area contributed by atoms with Gasteiger partial charge in [-0.2, -0.15) is 0 Å². The van der Waals surface area contributed by atoms with Gasteiger partial charge in [-0.15, -0.1) is 0 Å². The summed E-state index contributed by atoms with van der Waals surface area (Å²) in [6.45, 7) is 7.14. The summed E-state index contributed by atoms with van der Waals surface area (Å²) in [5.41, 5.74) is 11.4. The molecule has 0 saturated heterocycles. The summed E-state index contributed by atoms with van der Waals surface area (Å²) in [5, 5.41) is 0. The molecule has 0 aromatic heterocycles. The SMILES string of the molecule is CC1=C2CCC3=C(C4=CC=CC4)C=CC(=C2C3C(C)C)C1. The van der Waals surface area contributed by atoms with E-state index in [1.165, 1.54) is 24.8 Å². The van der Waals surface area contributed by atoms with Crippen LogP contribution >= 0.6 is 0 Å². The van der Waals surface area contributed by atoms with E-state index in [4.69, 9.17) is 0 Å². The number of allylic oxidation sites excluding steroid dienone is 12. The van der Waals surface area contributed by atoms with Crippen molar-refractivity contribution in [2.24, 2.45) is 11.8 Å². The summed E-state index contributed by atoms with van der Waals surface area (Å²) >= 11 is 0. The first-order valence-corrected chi connectivity index (χ1v) is 8.36. The van der Waals surface area contributed by atoms with Crippen LogP contribution in [0.2, 0.25) is 0 Å². The van der Waals surface area contributed by atoms with Crippen molar-refractivity contribution in [3.63, 3.8) is 0 Å². The van der Waals surface area contributed by atoms with E-state index in [9.17, 15) is 0 Å². The van der Waals surface area contributed by atoms with Gasteiger partial charge < -0.3 is 0 Å². The van der Waals surface area contributed by atoms with E-state index in [0.29, 0.717) is 11.8 Å². The molecule has 0 aromatic carbocycles. The summed E-state index contributed by atoms with van der Waals surface area (Å²) in [6, 6.07) is 0. The molecular formula is C21H24. The van der Waals surface area contributed by atoms with Gasteiger partial charge >= 0.3 is 0 Å². The fourth-order valence-electron chi connectivity index (χ4n) is 4.67. The van der Waals surface area contributed by atoms with E-state index in [2.05, 4.69) is 51.2 Å². The molecule has 0 N–H and O–H groups in total. The Morgan fingerprint density at radius 3 is 2.71 bits per heavy atom. The Kier molecular flexibility index (Phi) is 2.96. The van der Waals surface area contributed by atoms with Crippen molar-refractivity contribution in [3.8, 4) is 0 Å². The van der Waals surface area contributed by atoms with Crippen LogP contribution in [0.5, 0.6) is 0 Å². The lowest BCUT2D eigenvalue weighted by molar-refractivity contribution is 0.470. The molecule has 2 bridgehead atoms. The lowest BCUT2D eigenvalue weighted by atomic mass is 9.70. The molecule has 1 fully saturated rings. The van der Waals surface area contributed by atoms with E-state index in [1.807, 2.05) is 0 Å². The molecule has 1 unspecified atom stereocenters. The van der Waals surface area contributed by atoms with Crippen LogP contribution in [0.3, 0.4) is 0 Å². The van der Waals surface area contributed by atoms with Gasteiger partial charge in [0.1, 0.15) is 0 Å². The lowest BCUT2D eigenvalue weighted by Crippen LogP contribution is -2.21. The van der Waals surface area contributed by atoms with Crippen LogP contribution in [-0.4, -0.2) is 0 Å². The van der Waals surface area contributed by atoms with Gasteiger partial charge in [0.15, 0.2) is 0 Å². The minimum Gasteiger partial charge on any atom is -0.0801 e. The van der Waals surface area contributed by atoms with Gasteiger partial charge in [-0.1, -0.05) is 55.4 Å². The topological polar surface area (TPSA) is 0 Å². The Hall–Kier alpha value is -1.56. The van der Waals surface area contributed by atoms with Crippen molar-refractivity contribution in [2.45, 2.75) is 46.5 Å². The molecule has 1 atom stereocenters. The van der Waals surface area contributed by atoms with Crippen LogP contribution in [-0.2, 0) is 0 Å². The van der Waals surface area contributed by atoms with Crippen LogP contribution in [0.15, 0.2) is 69.4 Å². The summed E-state index contributed by atoms with van der Waals surface area (Å²) in [4.78, 5) is 0. The molecule has 108 valence electrons. The minimum absolute atomic E-state index is 0.646. The highest BCUT2D eigenvalue weighted by atomic mass is 14.4. The third-order valence-electron chi connectivity index (χ3n) is 5.55. The maximum absolute atomic E-state index is 2.42. The van der Waals surface area contributed by atoms with Gasteiger partial charge in [0, 0.05) is 5.92 Å². The Morgan fingerprint density at radius 1 is 1.14 bits per heavy atom. The molecule has 0 aromatic rings. The molecule has 0 nitrogen and oxygen atoms in total. The zero-order chi connectivity index (χ0) is 14.6. The van der Waals surface area contributed by atoms with Crippen molar-refractivity contribution in [2.75, 3.05) is 0 Å². The average Bonchev–Trinajstić information content (AvgIpc) is 3.06. The summed E-state index contributed by atoms with van der Waals surface area (Å²) in [6.07, 6.45) is 16.5. The molecule has 0 heterocycles. The van der Waals surface area contributed by atoms with Gasteiger partial charge in [0.2, 0.25) is 0 Å². The van der Waals surface area contributed by atoms with E-state index < -0.39 is 0 Å². The monoisotopic (exact) mass is 276 g/mol. The lowest BCUT2D eigenvalue weighted by Gasteiger charge is -2.34. The second-order valence-corrected chi connectivity index (χ2v) is 7.19. The van der Waals surface area contributed by atoms with Crippen LogP contribution in [0.4, 0.5) is 0 Å². The Morgan fingerprint density at radius 2 is 2.00 bits per heavy atom. The van der Waals surface area contributed by atoms with E-state index in [-0.39, 0.29) is 0 Å². The van der Waals surface area contributed by atoms with Crippen LogP contribution in [0, 0.1) is 11.8 Å². The average molecular weight is 276 g/mol. The summed E-state index contributed by atoms with van der Waals surface area (Å²) < 4.78 is 0. The Labute approximate surface area is 128 Å². The maximum atomic E-state index is 2.42.